The zero-order valence-corrected chi connectivity index (χ0v) is 19.2. The number of unbranched alkanes of at least 4 members (excludes halogenated alkanes) is 13. The third-order valence-electron chi connectivity index (χ3n) is 5.59. The summed E-state index contributed by atoms with van der Waals surface area (Å²) >= 11 is 0. The Kier molecular flexibility index (Phi) is 17.2. The quantitative estimate of drug-likeness (QED) is 0.261. The van der Waals surface area contributed by atoms with Gasteiger partial charge in [-0.25, -0.2) is 0 Å². The molecular weight excluding hydrogens is 350 g/mol. The summed E-state index contributed by atoms with van der Waals surface area (Å²) in [4.78, 5) is 0. The number of nitrogens with one attached hydrogen (secondary N) is 1. The van der Waals surface area contributed by atoms with Crippen LogP contribution in [0.5, 0.6) is 0 Å². The summed E-state index contributed by atoms with van der Waals surface area (Å²) in [5.41, 5.74) is 1.46. The van der Waals surface area contributed by atoms with Gasteiger partial charge in [0, 0.05) is 5.54 Å². The lowest BCUT2D eigenvalue weighted by Gasteiger charge is -2.27. The van der Waals surface area contributed by atoms with E-state index >= 15 is 0 Å². The van der Waals surface area contributed by atoms with Crippen LogP contribution in [-0.4, -0.2) is 6.54 Å². The fraction of sp³-hybridized carbons (Fsp3) is 0.760. The third kappa shape index (κ3) is 14.2. The first-order chi connectivity index (χ1) is 12.7. The molecule has 1 N–H and O–H groups in total. The molecule has 0 aromatic heterocycles. The van der Waals surface area contributed by atoms with E-state index in [2.05, 4.69) is 56.4 Å². The molecule has 0 amide bonds. The van der Waals surface area contributed by atoms with E-state index in [9.17, 15) is 0 Å². The Balaban J connectivity index is 0.00000676. The molecule has 2 heteroatoms. The van der Waals surface area contributed by atoms with Gasteiger partial charge >= 0.3 is 0 Å². The van der Waals surface area contributed by atoms with E-state index in [1.165, 1.54) is 95.5 Å². The first-order valence-corrected chi connectivity index (χ1v) is 11.5. The zero-order chi connectivity index (χ0) is 18.9. The Morgan fingerprint density at radius 2 is 1.04 bits per heavy atom. The van der Waals surface area contributed by atoms with E-state index < -0.39 is 0 Å². The molecule has 0 atom stereocenters. The molecule has 1 rings (SSSR count). The molecule has 1 aromatic rings. The predicted molar refractivity (Wildman–Crippen MR) is 125 cm³/mol. The molecule has 27 heavy (non-hydrogen) atoms. The standard InChI is InChI=1S/C25H45N.ClH/c1-4-5-6-7-8-9-10-11-12-13-14-15-16-20-23-26-25(2,3)24-21-18-17-19-22-24;/h17-19,21-22,26H,4-16,20,23H2,1-3H3;1H. The molecule has 0 aliphatic heterocycles. The normalized spacial score (nSPS) is 11.4. The van der Waals surface area contributed by atoms with Gasteiger partial charge in [-0.15, -0.1) is 12.4 Å². The molecule has 0 bridgehead atoms. The van der Waals surface area contributed by atoms with Crippen LogP contribution in [0.2, 0.25) is 0 Å². The van der Waals surface area contributed by atoms with Gasteiger partial charge in [-0.05, 0) is 32.4 Å². The number of hydrogen-bond acceptors (Lipinski definition) is 1. The van der Waals surface area contributed by atoms with Crippen molar-refractivity contribution in [2.24, 2.45) is 0 Å². The van der Waals surface area contributed by atoms with E-state index in [-0.39, 0.29) is 17.9 Å². The summed E-state index contributed by atoms with van der Waals surface area (Å²) < 4.78 is 0. The highest BCUT2D eigenvalue weighted by Crippen LogP contribution is 2.19. The summed E-state index contributed by atoms with van der Waals surface area (Å²) in [5.74, 6) is 0. The van der Waals surface area contributed by atoms with Crippen molar-refractivity contribution in [3.63, 3.8) is 0 Å². The van der Waals surface area contributed by atoms with E-state index in [4.69, 9.17) is 0 Å². The van der Waals surface area contributed by atoms with Crippen molar-refractivity contribution >= 4 is 12.4 Å². The first-order valence-electron chi connectivity index (χ1n) is 11.5. The minimum absolute atomic E-state index is 0. The Morgan fingerprint density at radius 1 is 0.630 bits per heavy atom. The van der Waals surface area contributed by atoms with Crippen LogP contribution in [0.4, 0.5) is 0 Å². The Bertz CT molecular complexity index is 416. The van der Waals surface area contributed by atoms with Crippen molar-refractivity contribution in [2.75, 3.05) is 6.54 Å². The van der Waals surface area contributed by atoms with Gasteiger partial charge in [0.05, 0.1) is 0 Å². The smallest absolute Gasteiger partial charge is 0.0377 e. The Hall–Kier alpha value is -0.530. The average molecular weight is 396 g/mol. The van der Waals surface area contributed by atoms with Crippen molar-refractivity contribution < 1.29 is 0 Å². The number of rotatable bonds is 17. The monoisotopic (exact) mass is 395 g/mol. The summed E-state index contributed by atoms with van der Waals surface area (Å²) in [5, 5.41) is 3.72. The van der Waals surface area contributed by atoms with Gasteiger partial charge in [0.15, 0.2) is 0 Å². The average Bonchev–Trinajstić information content (AvgIpc) is 2.65. The number of hydrogen-bond donors (Lipinski definition) is 1. The lowest BCUT2D eigenvalue weighted by atomic mass is 9.94. The van der Waals surface area contributed by atoms with Gasteiger partial charge in [0.25, 0.3) is 0 Å². The van der Waals surface area contributed by atoms with Gasteiger partial charge in [-0.2, -0.15) is 0 Å². The first kappa shape index (κ1) is 26.5. The van der Waals surface area contributed by atoms with Gasteiger partial charge in [0.2, 0.25) is 0 Å². The molecule has 0 spiro atoms. The lowest BCUT2D eigenvalue weighted by Crippen LogP contribution is -2.37. The van der Waals surface area contributed by atoms with Gasteiger partial charge < -0.3 is 5.32 Å². The molecule has 0 unspecified atom stereocenters. The molecule has 0 heterocycles. The second-order valence-corrected chi connectivity index (χ2v) is 8.51. The van der Waals surface area contributed by atoms with Crippen LogP contribution in [-0.2, 0) is 5.54 Å². The fourth-order valence-electron chi connectivity index (χ4n) is 3.68. The SMILES string of the molecule is CCCCCCCCCCCCCCCCNC(C)(C)c1ccccc1.Cl. The van der Waals surface area contributed by atoms with Gasteiger partial charge in [-0.1, -0.05) is 121 Å². The Morgan fingerprint density at radius 3 is 1.48 bits per heavy atom. The van der Waals surface area contributed by atoms with E-state index in [1.807, 2.05) is 0 Å². The van der Waals surface area contributed by atoms with Gasteiger partial charge in [0.1, 0.15) is 0 Å². The maximum atomic E-state index is 3.72. The van der Waals surface area contributed by atoms with E-state index in [0.29, 0.717) is 0 Å². The van der Waals surface area contributed by atoms with Crippen molar-refractivity contribution in [2.45, 2.75) is 116 Å². The summed E-state index contributed by atoms with van der Waals surface area (Å²) in [6.07, 6.45) is 20.0. The molecule has 158 valence electrons. The molecular formula is C25H46ClN. The molecule has 0 radical (unpaired) electrons. The molecule has 0 fully saturated rings. The summed E-state index contributed by atoms with van der Waals surface area (Å²) in [7, 11) is 0. The summed E-state index contributed by atoms with van der Waals surface area (Å²) in [6, 6.07) is 10.8. The van der Waals surface area contributed by atoms with Crippen molar-refractivity contribution in [3.8, 4) is 0 Å². The van der Waals surface area contributed by atoms with Crippen LogP contribution >= 0.6 is 12.4 Å². The topological polar surface area (TPSA) is 12.0 Å². The van der Waals surface area contributed by atoms with Crippen molar-refractivity contribution in [1.29, 1.82) is 0 Å². The molecule has 1 aromatic carbocycles. The number of benzene rings is 1. The number of halogens is 1. The van der Waals surface area contributed by atoms with Crippen LogP contribution in [0.25, 0.3) is 0 Å². The molecule has 0 saturated carbocycles. The molecule has 1 nitrogen and oxygen atoms in total. The highest BCUT2D eigenvalue weighted by Gasteiger charge is 2.18. The molecule has 0 aliphatic carbocycles. The van der Waals surface area contributed by atoms with Crippen molar-refractivity contribution in [3.05, 3.63) is 35.9 Å². The maximum absolute atomic E-state index is 3.72. The second-order valence-electron chi connectivity index (χ2n) is 8.51. The Labute approximate surface area is 176 Å². The molecule has 0 aliphatic rings. The van der Waals surface area contributed by atoms with Crippen LogP contribution < -0.4 is 5.32 Å². The van der Waals surface area contributed by atoms with Crippen LogP contribution in [0, 0.1) is 0 Å². The maximum Gasteiger partial charge on any atom is 0.0377 e. The lowest BCUT2D eigenvalue weighted by molar-refractivity contribution is 0.394. The van der Waals surface area contributed by atoms with E-state index in [0.717, 1.165) is 6.54 Å². The van der Waals surface area contributed by atoms with Gasteiger partial charge in [-0.3, -0.25) is 0 Å². The minimum Gasteiger partial charge on any atom is -0.308 e. The van der Waals surface area contributed by atoms with Crippen LogP contribution in [0.15, 0.2) is 30.3 Å². The van der Waals surface area contributed by atoms with Crippen LogP contribution in [0.1, 0.15) is 116 Å². The third-order valence-corrected chi connectivity index (χ3v) is 5.59. The van der Waals surface area contributed by atoms with Crippen molar-refractivity contribution in [1.82, 2.24) is 5.32 Å². The highest BCUT2D eigenvalue weighted by molar-refractivity contribution is 5.85. The second kappa shape index (κ2) is 17.6. The summed E-state index contributed by atoms with van der Waals surface area (Å²) in [6.45, 7) is 7.99. The predicted octanol–water partition coefficient (Wildman–Crippen LogP) is 8.41. The highest BCUT2D eigenvalue weighted by atomic mass is 35.5. The van der Waals surface area contributed by atoms with Crippen LogP contribution in [0.3, 0.4) is 0 Å². The molecule has 0 saturated heterocycles. The largest absolute Gasteiger partial charge is 0.308 e. The van der Waals surface area contributed by atoms with E-state index in [1.54, 1.807) is 0 Å². The minimum atomic E-state index is 0. The zero-order valence-electron chi connectivity index (χ0n) is 18.4. The fourth-order valence-corrected chi connectivity index (χ4v) is 3.68.